The molecule has 0 radical (unpaired) electrons. The van der Waals surface area contributed by atoms with Crippen molar-refractivity contribution in [2.45, 2.75) is 46.5 Å². The van der Waals surface area contributed by atoms with Crippen molar-refractivity contribution in [1.82, 2.24) is 0 Å². The molecule has 1 aliphatic rings. The third-order valence-electron chi connectivity index (χ3n) is 4.90. The molecule has 0 saturated carbocycles. The zero-order valence-electron chi connectivity index (χ0n) is 15.6. The summed E-state index contributed by atoms with van der Waals surface area (Å²) in [5.41, 5.74) is 4.52. The van der Waals surface area contributed by atoms with Crippen LogP contribution in [0, 0.1) is 10.8 Å². The van der Waals surface area contributed by atoms with Crippen LogP contribution in [0.1, 0.15) is 46.5 Å². The van der Waals surface area contributed by atoms with Crippen LogP contribution >= 0.6 is 23.5 Å². The lowest BCUT2D eigenvalue weighted by molar-refractivity contribution is -0.129. The summed E-state index contributed by atoms with van der Waals surface area (Å²) < 4.78 is 0. The van der Waals surface area contributed by atoms with E-state index in [0.717, 1.165) is 11.5 Å². The molecule has 0 spiro atoms. The molecule has 2 N–H and O–H groups in total. The number of hydrogen-bond acceptors (Lipinski definition) is 6. The van der Waals surface area contributed by atoms with E-state index in [1.54, 1.807) is 30.4 Å². The molecule has 25 heavy (non-hydrogen) atoms. The number of nitrogens with two attached hydrogens (primary N) is 1. The number of carbonyl (C=O) groups excluding carboxylic acids is 3. The average Bonchev–Trinajstić information content (AvgIpc) is 2.59. The molecule has 4 nitrogen and oxygen atoms in total. The standard InChI is InChI=1S/C19H31NO3S2/c1-15(21)6-8-18(2)13-24-10-4-5-11-25-14-19(3,17(23)12-20)9-7-16(18)22/h4-5H,6-14,20H2,1-3H3/b5-4+/t18-,19-/m0/s1. The highest BCUT2D eigenvalue weighted by Gasteiger charge is 2.37. The van der Waals surface area contributed by atoms with E-state index in [4.69, 9.17) is 5.73 Å². The van der Waals surface area contributed by atoms with E-state index in [2.05, 4.69) is 12.2 Å². The molecule has 1 aliphatic heterocycles. The minimum absolute atomic E-state index is 0.0124. The second kappa shape index (κ2) is 10.5. The van der Waals surface area contributed by atoms with E-state index in [0.29, 0.717) is 37.2 Å². The minimum atomic E-state index is -0.564. The fourth-order valence-electron chi connectivity index (χ4n) is 2.81. The molecular weight excluding hydrogens is 354 g/mol. The molecule has 6 heteroatoms. The SMILES string of the molecule is CC(=O)CC[C@@]1(C)CSC/C=C/CSC[C@@](C)(C(=O)CN)CCC1=O. The summed E-state index contributed by atoms with van der Waals surface area (Å²) in [6, 6.07) is 0. The fourth-order valence-corrected chi connectivity index (χ4v) is 5.11. The Morgan fingerprint density at radius 3 is 2.32 bits per heavy atom. The van der Waals surface area contributed by atoms with Gasteiger partial charge in [-0.2, -0.15) is 23.5 Å². The van der Waals surface area contributed by atoms with E-state index >= 15 is 0 Å². The summed E-state index contributed by atoms with van der Waals surface area (Å²) in [4.78, 5) is 36.7. The summed E-state index contributed by atoms with van der Waals surface area (Å²) in [6.45, 7) is 5.47. The molecule has 0 fully saturated rings. The van der Waals surface area contributed by atoms with E-state index in [1.807, 2.05) is 13.8 Å². The summed E-state index contributed by atoms with van der Waals surface area (Å²) in [7, 11) is 0. The van der Waals surface area contributed by atoms with E-state index in [1.165, 1.54) is 0 Å². The van der Waals surface area contributed by atoms with Crippen LogP contribution < -0.4 is 5.73 Å². The quantitative estimate of drug-likeness (QED) is 0.732. The van der Waals surface area contributed by atoms with Crippen LogP contribution in [0.3, 0.4) is 0 Å². The van der Waals surface area contributed by atoms with Crippen molar-refractivity contribution in [2.24, 2.45) is 16.6 Å². The molecule has 142 valence electrons. The first-order valence-corrected chi connectivity index (χ1v) is 11.1. The first-order chi connectivity index (χ1) is 11.7. The Morgan fingerprint density at radius 1 is 1.16 bits per heavy atom. The first-order valence-electron chi connectivity index (χ1n) is 8.80. The molecule has 0 unspecified atom stereocenters. The largest absolute Gasteiger partial charge is 0.324 e. The van der Waals surface area contributed by atoms with Crippen molar-refractivity contribution in [3.05, 3.63) is 12.2 Å². The molecule has 1 rings (SSSR count). The highest BCUT2D eigenvalue weighted by molar-refractivity contribution is 7.99. The lowest BCUT2D eigenvalue weighted by Gasteiger charge is -2.31. The number of Topliss-reactive ketones (excluding diaryl/α,β-unsaturated/α-hetero) is 3. The van der Waals surface area contributed by atoms with Crippen molar-refractivity contribution in [3.8, 4) is 0 Å². The van der Waals surface area contributed by atoms with Gasteiger partial charge in [-0.3, -0.25) is 9.59 Å². The van der Waals surface area contributed by atoms with Gasteiger partial charge in [0.1, 0.15) is 11.6 Å². The van der Waals surface area contributed by atoms with Crippen molar-refractivity contribution in [3.63, 3.8) is 0 Å². The van der Waals surface area contributed by atoms with Gasteiger partial charge in [-0.25, -0.2) is 0 Å². The van der Waals surface area contributed by atoms with Gasteiger partial charge >= 0.3 is 0 Å². The second-order valence-corrected chi connectivity index (χ2v) is 9.44. The Bertz CT molecular complexity index is 521. The van der Waals surface area contributed by atoms with Crippen LogP contribution in [-0.4, -0.2) is 46.9 Å². The van der Waals surface area contributed by atoms with Gasteiger partial charge in [-0.1, -0.05) is 26.0 Å². The van der Waals surface area contributed by atoms with Gasteiger partial charge in [-0.05, 0) is 19.8 Å². The van der Waals surface area contributed by atoms with Crippen LogP contribution in [-0.2, 0) is 14.4 Å². The molecule has 1 heterocycles. The summed E-state index contributed by atoms with van der Waals surface area (Å²) in [6.07, 6.45) is 6.14. The minimum Gasteiger partial charge on any atom is -0.324 e. The van der Waals surface area contributed by atoms with Crippen molar-refractivity contribution in [2.75, 3.05) is 29.6 Å². The Balaban J connectivity index is 2.96. The highest BCUT2D eigenvalue weighted by atomic mass is 32.2. The van der Waals surface area contributed by atoms with Crippen molar-refractivity contribution >= 4 is 40.9 Å². The molecule has 0 bridgehead atoms. The maximum atomic E-state index is 13.0. The van der Waals surface area contributed by atoms with Crippen LogP contribution in [0.15, 0.2) is 12.2 Å². The van der Waals surface area contributed by atoms with Crippen LogP contribution in [0.25, 0.3) is 0 Å². The topological polar surface area (TPSA) is 77.2 Å². The Kier molecular flexibility index (Phi) is 9.46. The van der Waals surface area contributed by atoms with Gasteiger partial charge in [0.2, 0.25) is 0 Å². The van der Waals surface area contributed by atoms with E-state index in [-0.39, 0.29) is 23.9 Å². The van der Waals surface area contributed by atoms with E-state index < -0.39 is 10.8 Å². The maximum Gasteiger partial charge on any atom is 0.153 e. The number of hydrogen-bond donors (Lipinski definition) is 1. The van der Waals surface area contributed by atoms with Crippen LogP contribution in [0.2, 0.25) is 0 Å². The van der Waals surface area contributed by atoms with Crippen LogP contribution in [0.5, 0.6) is 0 Å². The zero-order valence-corrected chi connectivity index (χ0v) is 17.3. The van der Waals surface area contributed by atoms with Crippen molar-refractivity contribution in [1.29, 1.82) is 0 Å². The smallest absolute Gasteiger partial charge is 0.153 e. The molecule has 0 saturated heterocycles. The Hall–Kier alpha value is -0.590. The first kappa shape index (κ1) is 22.5. The third kappa shape index (κ3) is 7.27. The average molecular weight is 386 g/mol. The lowest BCUT2D eigenvalue weighted by atomic mass is 9.76. The molecule has 0 aromatic heterocycles. The van der Waals surface area contributed by atoms with Gasteiger partial charge in [0.25, 0.3) is 0 Å². The Morgan fingerprint density at radius 2 is 1.76 bits per heavy atom. The summed E-state index contributed by atoms with van der Waals surface area (Å²) in [5.74, 6) is 3.40. The maximum absolute atomic E-state index is 13.0. The molecular formula is C19H31NO3S2. The fraction of sp³-hybridized carbons (Fsp3) is 0.737. The van der Waals surface area contributed by atoms with Gasteiger partial charge < -0.3 is 10.5 Å². The van der Waals surface area contributed by atoms with Crippen LogP contribution in [0.4, 0.5) is 0 Å². The Labute approximate surface area is 160 Å². The molecule has 2 atom stereocenters. The predicted molar refractivity (Wildman–Crippen MR) is 108 cm³/mol. The summed E-state index contributed by atoms with van der Waals surface area (Å²) in [5, 5.41) is 0. The van der Waals surface area contributed by atoms with E-state index in [9.17, 15) is 14.4 Å². The molecule has 0 amide bonds. The second-order valence-electron chi connectivity index (χ2n) is 7.38. The molecule has 0 aliphatic carbocycles. The number of ketones is 3. The van der Waals surface area contributed by atoms with Gasteiger partial charge in [0.05, 0.1) is 6.54 Å². The molecule has 0 aromatic carbocycles. The highest BCUT2D eigenvalue weighted by Crippen LogP contribution is 2.35. The third-order valence-corrected chi connectivity index (χ3v) is 7.44. The monoisotopic (exact) mass is 385 g/mol. The number of thioether (sulfide) groups is 2. The van der Waals surface area contributed by atoms with Gasteiger partial charge in [-0.15, -0.1) is 0 Å². The number of rotatable bonds is 5. The molecule has 0 aromatic rings. The van der Waals surface area contributed by atoms with Gasteiger partial charge in [0, 0.05) is 46.7 Å². The number of carbonyl (C=O) groups is 3. The lowest BCUT2D eigenvalue weighted by Crippen LogP contribution is -2.38. The summed E-state index contributed by atoms with van der Waals surface area (Å²) >= 11 is 3.44. The van der Waals surface area contributed by atoms with Gasteiger partial charge in [0.15, 0.2) is 5.78 Å². The predicted octanol–water partition coefficient (Wildman–Crippen LogP) is 3.28. The zero-order chi connectivity index (χ0) is 18.9. The normalized spacial score (nSPS) is 30.6. The van der Waals surface area contributed by atoms with Crippen molar-refractivity contribution < 1.29 is 14.4 Å².